The Hall–Kier alpha value is -0.570. The van der Waals surface area contributed by atoms with E-state index >= 15 is 0 Å². The van der Waals surface area contributed by atoms with Crippen molar-refractivity contribution >= 4 is 15.9 Å². The van der Waals surface area contributed by atoms with Gasteiger partial charge in [0.05, 0.1) is 6.61 Å². The van der Waals surface area contributed by atoms with Crippen molar-refractivity contribution in [3.8, 4) is 5.88 Å². The Kier molecular flexibility index (Phi) is 4.94. The molecule has 1 rings (SSSR count). The van der Waals surface area contributed by atoms with Crippen LogP contribution in [0.3, 0.4) is 0 Å². The van der Waals surface area contributed by atoms with Gasteiger partial charge in [0.2, 0.25) is 5.88 Å². The Morgan fingerprint density at radius 2 is 2.21 bits per heavy atom. The van der Waals surface area contributed by atoms with Crippen LogP contribution in [-0.2, 0) is 0 Å². The zero-order chi connectivity index (χ0) is 10.4. The molecule has 0 aromatic carbocycles. The number of nitrogens with zero attached hydrogens (tertiary/aromatic N) is 1. The summed E-state index contributed by atoms with van der Waals surface area (Å²) >= 11 is 3.37. The fraction of sp³-hybridized carbons (Fsp3) is 0.545. The van der Waals surface area contributed by atoms with Crippen molar-refractivity contribution in [3.63, 3.8) is 0 Å². The maximum atomic E-state index is 5.56. The molecule has 1 aromatic heterocycles. The fourth-order valence-electron chi connectivity index (χ4n) is 1.20. The second kappa shape index (κ2) is 6.02. The fourth-order valence-corrected chi connectivity index (χ4v) is 1.65. The molecule has 0 aliphatic carbocycles. The maximum absolute atomic E-state index is 5.56. The third-order valence-electron chi connectivity index (χ3n) is 1.98. The molecule has 0 saturated carbocycles. The molecular weight excluding hydrogens is 242 g/mol. The van der Waals surface area contributed by atoms with Crippen LogP contribution in [0.15, 0.2) is 16.7 Å². The zero-order valence-electron chi connectivity index (χ0n) is 8.72. The van der Waals surface area contributed by atoms with Crippen LogP contribution < -0.4 is 4.74 Å². The molecule has 0 aliphatic heterocycles. The van der Waals surface area contributed by atoms with E-state index in [0.717, 1.165) is 28.9 Å². The third-order valence-corrected chi connectivity index (χ3v) is 2.42. The van der Waals surface area contributed by atoms with Gasteiger partial charge in [-0.2, -0.15) is 0 Å². The highest BCUT2D eigenvalue weighted by atomic mass is 79.9. The minimum atomic E-state index is 0.754. The molecule has 0 bridgehead atoms. The molecule has 1 aromatic rings. The predicted molar refractivity (Wildman–Crippen MR) is 61.7 cm³/mol. The number of aryl methyl sites for hydroxylation is 1. The lowest BCUT2D eigenvalue weighted by molar-refractivity contribution is 0.293. The van der Waals surface area contributed by atoms with Gasteiger partial charge in [-0.3, -0.25) is 0 Å². The smallest absolute Gasteiger partial charge is 0.216 e. The first-order valence-electron chi connectivity index (χ1n) is 4.99. The van der Waals surface area contributed by atoms with E-state index in [1.807, 2.05) is 13.0 Å². The monoisotopic (exact) mass is 257 g/mol. The quantitative estimate of drug-likeness (QED) is 0.751. The van der Waals surface area contributed by atoms with Gasteiger partial charge in [-0.1, -0.05) is 19.8 Å². The van der Waals surface area contributed by atoms with E-state index in [0.29, 0.717) is 0 Å². The minimum Gasteiger partial charge on any atom is -0.477 e. The molecule has 3 heteroatoms. The molecule has 0 saturated heterocycles. The topological polar surface area (TPSA) is 22.1 Å². The molecule has 0 fully saturated rings. The van der Waals surface area contributed by atoms with Crippen molar-refractivity contribution in [2.45, 2.75) is 33.1 Å². The first-order valence-corrected chi connectivity index (χ1v) is 5.78. The normalized spacial score (nSPS) is 10.2. The van der Waals surface area contributed by atoms with Crippen LogP contribution in [0.1, 0.15) is 31.7 Å². The van der Waals surface area contributed by atoms with E-state index in [-0.39, 0.29) is 0 Å². The molecule has 0 spiro atoms. The maximum Gasteiger partial charge on any atom is 0.216 e. The Balaban J connectivity index is 2.42. The van der Waals surface area contributed by atoms with Gasteiger partial charge in [-0.15, -0.1) is 0 Å². The van der Waals surface area contributed by atoms with Gasteiger partial charge in [0.25, 0.3) is 0 Å². The lowest BCUT2D eigenvalue weighted by atomic mass is 10.3. The van der Waals surface area contributed by atoms with Crippen molar-refractivity contribution in [2.24, 2.45) is 0 Å². The Labute approximate surface area is 93.8 Å². The van der Waals surface area contributed by atoms with Crippen LogP contribution in [0.4, 0.5) is 0 Å². The summed E-state index contributed by atoms with van der Waals surface area (Å²) in [7, 11) is 0. The number of unbranched alkanes of at least 4 members (excludes halogenated alkanes) is 2. The Bertz CT molecular complexity index is 289. The second-order valence-electron chi connectivity index (χ2n) is 3.33. The van der Waals surface area contributed by atoms with E-state index in [2.05, 4.69) is 27.8 Å². The van der Waals surface area contributed by atoms with Crippen molar-refractivity contribution in [2.75, 3.05) is 6.61 Å². The standard InChI is InChI=1S/C11H16BrNO/c1-3-4-5-6-14-11-9(2)7-10(12)8-13-11/h7-8H,3-6H2,1-2H3. The zero-order valence-corrected chi connectivity index (χ0v) is 10.3. The summed E-state index contributed by atoms with van der Waals surface area (Å²) in [5.41, 5.74) is 1.08. The molecular formula is C11H16BrNO. The van der Waals surface area contributed by atoms with Gasteiger partial charge < -0.3 is 4.74 Å². The number of rotatable bonds is 5. The Morgan fingerprint density at radius 3 is 2.86 bits per heavy atom. The highest BCUT2D eigenvalue weighted by Crippen LogP contribution is 2.18. The van der Waals surface area contributed by atoms with Crippen LogP contribution in [0, 0.1) is 6.92 Å². The Morgan fingerprint density at radius 1 is 1.43 bits per heavy atom. The number of hydrogen-bond donors (Lipinski definition) is 0. The minimum absolute atomic E-state index is 0.754. The predicted octanol–water partition coefficient (Wildman–Crippen LogP) is 3.72. The van der Waals surface area contributed by atoms with Gasteiger partial charge in [-0.25, -0.2) is 4.98 Å². The molecule has 0 atom stereocenters. The summed E-state index contributed by atoms with van der Waals surface area (Å²) in [5.74, 6) is 0.754. The molecule has 0 N–H and O–H groups in total. The van der Waals surface area contributed by atoms with Crippen LogP contribution in [-0.4, -0.2) is 11.6 Å². The van der Waals surface area contributed by atoms with Gasteiger partial charge >= 0.3 is 0 Å². The number of ether oxygens (including phenoxy) is 1. The average Bonchev–Trinajstić information content (AvgIpc) is 2.15. The molecule has 1 heterocycles. The van der Waals surface area contributed by atoms with Gasteiger partial charge in [0.1, 0.15) is 0 Å². The summed E-state index contributed by atoms with van der Waals surface area (Å²) in [6, 6.07) is 2.02. The van der Waals surface area contributed by atoms with Crippen LogP contribution in [0.25, 0.3) is 0 Å². The summed E-state index contributed by atoms with van der Waals surface area (Å²) in [6.45, 7) is 4.96. The summed E-state index contributed by atoms with van der Waals surface area (Å²) < 4.78 is 6.56. The molecule has 78 valence electrons. The molecule has 2 nitrogen and oxygen atoms in total. The number of aromatic nitrogens is 1. The van der Waals surface area contributed by atoms with Crippen molar-refractivity contribution in [1.29, 1.82) is 0 Å². The summed E-state index contributed by atoms with van der Waals surface area (Å²) in [5, 5.41) is 0. The average molecular weight is 258 g/mol. The third kappa shape index (κ3) is 3.66. The first kappa shape index (κ1) is 11.5. The van der Waals surface area contributed by atoms with E-state index < -0.39 is 0 Å². The number of hydrogen-bond acceptors (Lipinski definition) is 2. The lowest BCUT2D eigenvalue weighted by Crippen LogP contribution is -2.00. The molecule has 14 heavy (non-hydrogen) atoms. The van der Waals surface area contributed by atoms with Crippen LogP contribution in [0.2, 0.25) is 0 Å². The van der Waals surface area contributed by atoms with E-state index in [1.165, 1.54) is 12.8 Å². The number of halogens is 1. The summed E-state index contributed by atoms with van der Waals surface area (Å²) in [6.07, 6.45) is 5.31. The van der Waals surface area contributed by atoms with Crippen LogP contribution >= 0.6 is 15.9 Å². The van der Waals surface area contributed by atoms with E-state index in [1.54, 1.807) is 6.20 Å². The van der Waals surface area contributed by atoms with Crippen LogP contribution in [0.5, 0.6) is 5.88 Å². The van der Waals surface area contributed by atoms with Gasteiger partial charge in [-0.05, 0) is 35.3 Å². The second-order valence-corrected chi connectivity index (χ2v) is 4.25. The van der Waals surface area contributed by atoms with Gasteiger partial charge in [0, 0.05) is 16.2 Å². The van der Waals surface area contributed by atoms with E-state index in [9.17, 15) is 0 Å². The molecule has 0 amide bonds. The largest absolute Gasteiger partial charge is 0.477 e. The van der Waals surface area contributed by atoms with Crippen molar-refractivity contribution < 1.29 is 4.74 Å². The molecule has 0 aliphatic rings. The van der Waals surface area contributed by atoms with Gasteiger partial charge in [0.15, 0.2) is 0 Å². The van der Waals surface area contributed by atoms with Crippen molar-refractivity contribution in [1.82, 2.24) is 4.98 Å². The lowest BCUT2D eigenvalue weighted by Gasteiger charge is -2.07. The number of pyridine rings is 1. The molecule has 0 radical (unpaired) electrons. The SMILES string of the molecule is CCCCCOc1ncc(Br)cc1C. The molecule has 0 unspecified atom stereocenters. The highest BCUT2D eigenvalue weighted by Gasteiger charge is 2.00. The summed E-state index contributed by atoms with van der Waals surface area (Å²) in [4.78, 5) is 4.21. The van der Waals surface area contributed by atoms with E-state index in [4.69, 9.17) is 4.74 Å². The highest BCUT2D eigenvalue weighted by molar-refractivity contribution is 9.10. The van der Waals surface area contributed by atoms with Crippen molar-refractivity contribution in [3.05, 3.63) is 22.3 Å². The first-order chi connectivity index (χ1) is 6.74.